The molecule has 1 amide bonds. The van der Waals surface area contributed by atoms with Crippen molar-refractivity contribution >= 4 is 12.0 Å². The van der Waals surface area contributed by atoms with Gasteiger partial charge in [0, 0.05) is 23.9 Å². The summed E-state index contributed by atoms with van der Waals surface area (Å²) in [4.78, 5) is 19.7. The summed E-state index contributed by atoms with van der Waals surface area (Å²) in [6, 6.07) is 13.7. The van der Waals surface area contributed by atoms with Crippen molar-refractivity contribution in [3.8, 4) is 5.75 Å². The van der Waals surface area contributed by atoms with Gasteiger partial charge in [-0.3, -0.25) is 9.78 Å². The monoisotopic (exact) mass is 332 g/mol. The number of ether oxygens (including phenoxy) is 1. The van der Waals surface area contributed by atoms with Gasteiger partial charge in [0.2, 0.25) is 0 Å². The molecule has 0 N–H and O–H groups in total. The summed E-state index contributed by atoms with van der Waals surface area (Å²) in [5, 5.41) is 0. The van der Waals surface area contributed by atoms with E-state index in [0.717, 1.165) is 42.8 Å². The molecule has 4 nitrogen and oxygen atoms in total. The summed E-state index contributed by atoms with van der Waals surface area (Å²) in [5.41, 5.74) is 2.53. The first-order valence-corrected chi connectivity index (χ1v) is 8.69. The van der Waals surface area contributed by atoms with Crippen LogP contribution in [0.25, 0.3) is 6.08 Å². The first-order chi connectivity index (χ1) is 12.3. The molecule has 0 spiro atoms. The zero-order chi connectivity index (χ0) is 17.1. The average Bonchev–Trinajstić information content (AvgIpc) is 2.90. The van der Waals surface area contributed by atoms with E-state index in [0.29, 0.717) is 5.57 Å². The molecule has 2 aliphatic heterocycles. The van der Waals surface area contributed by atoms with E-state index in [1.807, 2.05) is 53.4 Å². The maximum absolute atomic E-state index is 13.2. The highest BCUT2D eigenvalue weighted by molar-refractivity contribution is 6.01. The van der Waals surface area contributed by atoms with Gasteiger partial charge in [-0.1, -0.05) is 24.3 Å². The van der Waals surface area contributed by atoms with E-state index >= 15 is 0 Å². The van der Waals surface area contributed by atoms with Gasteiger partial charge in [-0.25, -0.2) is 0 Å². The number of para-hydroxylation sites is 1. The first kappa shape index (κ1) is 15.6. The van der Waals surface area contributed by atoms with E-state index in [1.54, 1.807) is 18.5 Å². The Bertz CT molecular complexity index is 827. The number of rotatable bonds is 2. The van der Waals surface area contributed by atoms with Gasteiger partial charge in [0.25, 0.3) is 5.91 Å². The molecule has 2 aliphatic rings. The number of piperidine rings is 1. The van der Waals surface area contributed by atoms with Gasteiger partial charge in [0.1, 0.15) is 5.75 Å². The first-order valence-electron chi connectivity index (χ1n) is 8.69. The van der Waals surface area contributed by atoms with Crippen molar-refractivity contribution in [3.63, 3.8) is 0 Å². The van der Waals surface area contributed by atoms with Crippen LogP contribution in [0.3, 0.4) is 0 Å². The smallest absolute Gasteiger partial charge is 0.254 e. The maximum atomic E-state index is 13.2. The summed E-state index contributed by atoms with van der Waals surface area (Å²) in [5.74, 6) is 0.799. The number of aromatic nitrogens is 1. The second kappa shape index (κ2) is 6.93. The zero-order valence-electron chi connectivity index (χ0n) is 14.0. The van der Waals surface area contributed by atoms with E-state index in [4.69, 9.17) is 4.74 Å². The Labute approximate surface area is 147 Å². The molecule has 1 atom stereocenters. The van der Waals surface area contributed by atoms with Gasteiger partial charge in [-0.15, -0.1) is 0 Å². The predicted octanol–water partition coefficient (Wildman–Crippen LogP) is 4.12. The highest BCUT2D eigenvalue weighted by atomic mass is 16.5. The van der Waals surface area contributed by atoms with E-state index in [-0.39, 0.29) is 11.9 Å². The highest BCUT2D eigenvalue weighted by Crippen LogP contribution is 2.32. The average molecular weight is 332 g/mol. The van der Waals surface area contributed by atoms with Crippen molar-refractivity contribution in [2.45, 2.75) is 25.3 Å². The predicted molar refractivity (Wildman–Crippen MR) is 96.7 cm³/mol. The van der Waals surface area contributed by atoms with Crippen molar-refractivity contribution in [1.29, 1.82) is 0 Å². The highest BCUT2D eigenvalue weighted by Gasteiger charge is 2.30. The number of hydrogen-bond donors (Lipinski definition) is 0. The van der Waals surface area contributed by atoms with Crippen molar-refractivity contribution in [1.82, 2.24) is 9.88 Å². The number of likely N-dealkylation sites (tertiary alicyclic amines) is 1. The largest absolute Gasteiger partial charge is 0.464 e. The lowest BCUT2D eigenvalue weighted by Crippen LogP contribution is -2.39. The number of pyridine rings is 1. The minimum atomic E-state index is 0.0342. The number of fused-ring (bicyclic) bond motifs is 1. The summed E-state index contributed by atoms with van der Waals surface area (Å²) in [7, 11) is 0. The molecule has 1 unspecified atom stereocenters. The van der Waals surface area contributed by atoms with Gasteiger partial charge in [-0.2, -0.15) is 0 Å². The quantitative estimate of drug-likeness (QED) is 0.830. The number of benzene rings is 1. The number of carbonyl (C=O) groups excluding carboxylic acids is 1. The van der Waals surface area contributed by atoms with Crippen molar-refractivity contribution in [3.05, 3.63) is 77.8 Å². The maximum Gasteiger partial charge on any atom is 0.254 e. The van der Waals surface area contributed by atoms with E-state index in [1.165, 1.54) is 0 Å². The number of hydrogen-bond acceptors (Lipinski definition) is 3. The van der Waals surface area contributed by atoms with E-state index in [2.05, 4.69) is 4.98 Å². The molecule has 4 rings (SSSR count). The molecule has 0 radical (unpaired) electrons. The fraction of sp³-hybridized carbons (Fsp3) is 0.238. The molecule has 1 fully saturated rings. The number of carbonyl (C=O) groups is 1. The molecule has 0 saturated carbocycles. The van der Waals surface area contributed by atoms with Crippen LogP contribution in [0.4, 0.5) is 0 Å². The minimum Gasteiger partial charge on any atom is -0.464 e. The Morgan fingerprint density at radius 2 is 2.00 bits per heavy atom. The van der Waals surface area contributed by atoms with E-state index < -0.39 is 0 Å². The molecule has 3 heterocycles. The summed E-state index contributed by atoms with van der Waals surface area (Å²) >= 11 is 0. The Morgan fingerprint density at radius 1 is 1.12 bits per heavy atom. The summed E-state index contributed by atoms with van der Waals surface area (Å²) in [6.07, 6.45) is 10.1. The topological polar surface area (TPSA) is 42.4 Å². The second-order valence-corrected chi connectivity index (χ2v) is 6.32. The number of amides is 1. The van der Waals surface area contributed by atoms with Crippen LogP contribution in [0.2, 0.25) is 0 Å². The van der Waals surface area contributed by atoms with Crippen LogP contribution in [-0.2, 0) is 4.79 Å². The van der Waals surface area contributed by atoms with Crippen LogP contribution in [0.1, 0.15) is 36.6 Å². The molecule has 1 saturated heterocycles. The van der Waals surface area contributed by atoms with Gasteiger partial charge in [0.15, 0.2) is 0 Å². The van der Waals surface area contributed by atoms with Gasteiger partial charge in [-0.05, 0) is 49.6 Å². The lowest BCUT2D eigenvalue weighted by atomic mass is 9.97. The fourth-order valence-electron chi connectivity index (χ4n) is 3.46. The molecule has 0 aliphatic carbocycles. The third-order valence-electron chi connectivity index (χ3n) is 4.71. The molecule has 0 bridgehead atoms. The van der Waals surface area contributed by atoms with Crippen LogP contribution < -0.4 is 4.74 Å². The summed E-state index contributed by atoms with van der Waals surface area (Å²) in [6.45, 7) is 0.758. The Hall–Kier alpha value is -2.88. The zero-order valence-corrected chi connectivity index (χ0v) is 14.0. The lowest BCUT2D eigenvalue weighted by Gasteiger charge is -2.35. The van der Waals surface area contributed by atoms with Crippen LogP contribution in [0.15, 0.2) is 66.6 Å². The van der Waals surface area contributed by atoms with Crippen LogP contribution >= 0.6 is 0 Å². The minimum absolute atomic E-state index is 0.0342. The van der Waals surface area contributed by atoms with Crippen molar-refractivity contribution in [2.24, 2.45) is 0 Å². The van der Waals surface area contributed by atoms with Crippen molar-refractivity contribution < 1.29 is 9.53 Å². The third kappa shape index (κ3) is 3.20. The third-order valence-corrected chi connectivity index (χ3v) is 4.71. The summed E-state index contributed by atoms with van der Waals surface area (Å²) < 4.78 is 5.61. The molecule has 126 valence electrons. The molecular weight excluding hydrogens is 312 g/mol. The van der Waals surface area contributed by atoms with Gasteiger partial charge < -0.3 is 9.64 Å². The fourth-order valence-corrected chi connectivity index (χ4v) is 3.46. The van der Waals surface area contributed by atoms with Gasteiger partial charge in [0.05, 0.1) is 18.0 Å². The molecule has 1 aromatic carbocycles. The van der Waals surface area contributed by atoms with Crippen LogP contribution in [0, 0.1) is 0 Å². The Kier molecular flexibility index (Phi) is 4.34. The van der Waals surface area contributed by atoms with Crippen molar-refractivity contribution in [2.75, 3.05) is 6.54 Å². The van der Waals surface area contributed by atoms with E-state index in [9.17, 15) is 4.79 Å². The Balaban J connectivity index is 1.66. The SMILES string of the molecule is O=C(C1=Cc2ccccc2OC=C1)N1CCCCC1c1ccccn1. The molecule has 4 heteroatoms. The standard InChI is InChI=1S/C21H20N2O2/c24-21(17-11-14-25-20-10-2-1-7-16(20)15-17)23-13-6-4-9-19(23)18-8-3-5-12-22-18/h1-3,5,7-8,10-12,14-15,19H,4,6,9,13H2. The van der Waals surface area contributed by atoms with Crippen LogP contribution in [0.5, 0.6) is 5.75 Å². The van der Waals surface area contributed by atoms with Gasteiger partial charge >= 0.3 is 0 Å². The lowest BCUT2D eigenvalue weighted by molar-refractivity contribution is -0.130. The molecule has 25 heavy (non-hydrogen) atoms. The molecule has 2 aromatic rings. The number of nitrogens with zero attached hydrogens (tertiary/aromatic N) is 2. The Morgan fingerprint density at radius 3 is 2.88 bits per heavy atom. The molecule has 1 aromatic heterocycles. The van der Waals surface area contributed by atoms with Crippen LogP contribution in [-0.4, -0.2) is 22.3 Å². The second-order valence-electron chi connectivity index (χ2n) is 6.32. The normalized spacial score (nSPS) is 19.4. The molecular formula is C21H20N2O2.